The summed E-state index contributed by atoms with van der Waals surface area (Å²) in [5, 5.41) is 25.9. The molecular formula is C24H26N6O. The van der Waals surface area contributed by atoms with Gasteiger partial charge in [-0.05, 0) is 58.1 Å². The highest BCUT2D eigenvalue weighted by atomic mass is 16.3. The minimum absolute atomic E-state index is 0.0390. The molecule has 31 heavy (non-hydrogen) atoms. The van der Waals surface area contributed by atoms with Crippen molar-refractivity contribution in [3.8, 4) is 11.8 Å². The van der Waals surface area contributed by atoms with Crippen LogP contribution in [0.5, 0.6) is 0 Å². The van der Waals surface area contributed by atoms with E-state index in [0.717, 1.165) is 66.8 Å². The zero-order valence-electron chi connectivity index (χ0n) is 17.9. The van der Waals surface area contributed by atoms with Gasteiger partial charge in [0.05, 0.1) is 40.2 Å². The molecule has 2 aliphatic carbocycles. The normalized spacial score (nSPS) is 26.4. The Labute approximate surface area is 181 Å². The van der Waals surface area contributed by atoms with Gasteiger partial charge in [-0.15, -0.1) is 0 Å². The molecule has 1 N–H and O–H groups in total. The number of nitriles is 1. The summed E-state index contributed by atoms with van der Waals surface area (Å²) < 4.78 is 1.92. The Hall–Kier alpha value is -2.98. The van der Waals surface area contributed by atoms with Gasteiger partial charge in [0.2, 0.25) is 0 Å². The van der Waals surface area contributed by atoms with Gasteiger partial charge in [0.15, 0.2) is 0 Å². The van der Waals surface area contributed by atoms with Gasteiger partial charge in [-0.3, -0.25) is 4.98 Å². The largest absolute Gasteiger partial charge is 0.390 e. The highest BCUT2D eigenvalue weighted by Crippen LogP contribution is 2.58. The average molecular weight is 415 g/mol. The molecule has 2 bridgehead atoms. The lowest BCUT2D eigenvalue weighted by Crippen LogP contribution is -2.50. The van der Waals surface area contributed by atoms with E-state index < -0.39 is 11.0 Å². The topological polar surface area (TPSA) is 90.9 Å². The van der Waals surface area contributed by atoms with E-state index in [1.807, 2.05) is 49.3 Å². The number of nitrogens with zero attached hydrogens (tertiary/aromatic N) is 6. The molecule has 2 saturated carbocycles. The molecule has 2 saturated heterocycles. The molecule has 0 spiro atoms. The fourth-order valence-corrected chi connectivity index (χ4v) is 5.65. The van der Waals surface area contributed by atoms with Crippen molar-refractivity contribution < 1.29 is 5.11 Å². The van der Waals surface area contributed by atoms with E-state index in [-0.39, 0.29) is 5.41 Å². The van der Waals surface area contributed by atoms with Gasteiger partial charge < -0.3 is 10.0 Å². The molecule has 0 amide bonds. The molecule has 0 atom stereocenters. The number of anilines is 1. The van der Waals surface area contributed by atoms with Crippen LogP contribution in [0, 0.1) is 16.7 Å². The van der Waals surface area contributed by atoms with Crippen LogP contribution >= 0.6 is 0 Å². The van der Waals surface area contributed by atoms with Crippen molar-refractivity contribution in [3.05, 3.63) is 42.5 Å². The monoisotopic (exact) mass is 414 g/mol. The summed E-state index contributed by atoms with van der Waals surface area (Å²) in [5.74, 6) is 0.927. The molecule has 5 heterocycles. The summed E-state index contributed by atoms with van der Waals surface area (Å²) in [4.78, 5) is 11.6. The first-order chi connectivity index (χ1) is 14.8. The van der Waals surface area contributed by atoms with Crippen molar-refractivity contribution in [2.45, 2.75) is 63.0 Å². The van der Waals surface area contributed by atoms with Gasteiger partial charge in [0, 0.05) is 41.8 Å². The molecule has 7 heteroatoms. The molecule has 0 unspecified atom stereocenters. The van der Waals surface area contributed by atoms with Crippen molar-refractivity contribution in [2.75, 3.05) is 11.4 Å². The Balaban J connectivity index is 1.37. The lowest BCUT2D eigenvalue weighted by Gasteiger charge is -2.45. The lowest BCUT2D eigenvalue weighted by atomic mass is 9.61. The third-order valence-corrected chi connectivity index (χ3v) is 8.10. The quantitative estimate of drug-likeness (QED) is 0.703. The summed E-state index contributed by atoms with van der Waals surface area (Å²) in [6.07, 6.45) is 10.3. The first-order valence-electron chi connectivity index (χ1n) is 11.1. The molecule has 4 aliphatic rings. The van der Waals surface area contributed by atoms with E-state index in [9.17, 15) is 10.4 Å². The highest BCUT2D eigenvalue weighted by Gasteiger charge is 2.62. The zero-order valence-corrected chi connectivity index (χ0v) is 17.9. The van der Waals surface area contributed by atoms with Crippen LogP contribution in [0.3, 0.4) is 0 Å². The van der Waals surface area contributed by atoms with E-state index in [0.29, 0.717) is 6.04 Å². The van der Waals surface area contributed by atoms with Gasteiger partial charge in [-0.25, -0.2) is 9.67 Å². The van der Waals surface area contributed by atoms with Gasteiger partial charge in [-0.2, -0.15) is 10.4 Å². The zero-order chi connectivity index (χ0) is 21.4. The van der Waals surface area contributed by atoms with Crippen molar-refractivity contribution in [3.63, 3.8) is 0 Å². The number of hydrogen-bond acceptors (Lipinski definition) is 6. The SMILES string of the molecule is CC(C)(O)C12CC(C1)N(c1cc(-n3ncc4cnc(C5(C#N)CCC5)cc43)ccn1)C2. The predicted molar refractivity (Wildman–Crippen MR) is 117 cm³/mol. The number of pyridine rings is 2. The summed E-state index contributed by atoms with van der Waals surface area (Å²) in [7, 11) is 0. The second-order valence-corrected chi connectivity index (χ2v) is 10.1. The van der Waals surface area contributed by atoms with E-state index in [1.165, 1.54) is 0 Å². The number of fused-ring (bicyclic) bond motifs is 2. The maximum atomic E-state index is 10.6. The third-order valence-electron chi connectivity index (χ3n) is 8.10. The van der Waals surface area contributed by atoms with Crippen LogP contribution < -0.4 is 4.90 Å². The van der Waals surface area contributed by atoms with E-state index in [1.54, 1.807) is 0 Å². The average Bonchev–Trinajstić information content (AvgIpc) is 3.38. The fourth-order valence-electron chi connectivity index (χ4n) is 5.65. The summed E-state index contributed by atoms with van der Waals surface area (Å²) in [6.45, 7) is 4.68. The first kappa shape index (κ1) is 18.8. The number of aromatic nitrogens is 4. The smallest absolute Gasteiger partial charge is 0.130 e. The number of aliphatic hydroxyl groups is 1. The van der Waals surface area contributed by atoms with Gasteiger partial charge in [0.1, 0.15) is 5.82 Å². The van der Waals surface area contributed by atoms with Crippen molar-refractivity contribution in [2.24, 2.45) is 5.41 Å². The summed E-state index contributed by atoms with van der Waals surface area (Å²) >= 11 is 0. The molecule has 3 aromatic rings. The summed E-state index contributed by atoms with van der Waals surface area (Å²) in [6, 6.07) is 9.00. The predicted octanol–water partition coefficient (Wildman–Crippen LogP) is 3.50. The van der Waals surface area contributed by atoms with Crippen LogP contribution in [-0.4, -0.2) is 43.0 Å². The molecule has 4 fully saturated rings. The summed E-state index contributed by atoms with van der Waals surface area (Å²) in [5.41, 5.74) is 1.57. The second-order valence-electron chi connectivity index (χ2n) is 10.1. The minimum atomic E-state index is -0.685. The molecule has 0 radical (unpaired) electrons. The number of rotatable bonds is 4. The Morgan fingerprint density at radius 3 is 2.65 bits per heavy atom. The van der Waals surface area contributed by atoms with Crippen LogP contribution in [0.2, 0.25) is 0 Å². The van der Waals surface area contributed by atoms with Crippen LogP contribution in [0.1, 0.15) is 51.6 Å². The van der Waals surface area contributed by atoms with Crippen LogP contribution in [0.4, 0.5) is 5.82 Å². The lowest BCUT2D eigenvalue weighted by molar-refractivity contribution is -0.0754. The molecule has 158 valence electrons. The fraction of sp³-hybridized carbons (Fsp3) is 0.500. The van der Waals surface area contributed by atoms with E-state index in [4.69, 9.17) is 0 Å². The second kappa shape index (κ2) is 6.04. The Kier molecular flexibility index (Phi) is 3.66. The number of hydrogen-bond donors (Lipinski definition) is 1. The first-order valence-corrected chi connectivity index (χ1v) is 11.1. The van der Waals surface area contributed by atoms with Crippen LogP contribution in [-0.2, 0) is 5.41 Å². The molecule has 3 aromatic heterocycles. The van der Waals surface area contributed by atoms with E-state index >= 15 is 0 Å². The van der Waals surface area contributed by atoms with Crippen LogP contribution in [0.15, 0.2) is 36.8 Å². The maximum Gasteiger partial charge on any atom is 0.130 e. The molecule has 0 aromatic carbocycles. The van der Waals surface area contributed by atoms with Gasteiger partial charge in [0.25, 0.3) is 0 Å². The van der Waals surface area contributed by atoms with Gasteiger partial charge in [-0.1, -0.05) is 0 Å². The molecular weight excluding hydrogens is 388 g/mol. The van der Waals surface area contributed by atoms with Gasteiger partial charge >= 0.3 is 0 Å². The van der Waals surface area contributed by atoms with Crippen molar-refractivity contribution >= 4 is 16.7 Å². The maximum absolute atomic E-state index is 10.6. The molecule has 7 nitrogen and oxygen atoms in total. The Morgan fingerprint density at radius 1 is 1.19 bits per heavy atom. The minimum Gasteiger partial charge on any atom is -0.390 e. The Bertz CT molecular complexity index is 1220. The van der Waals surface area contributed by atoms with Crippen molar-refractivity contribution in [1.82, 2.24) is 19.7 Å². The Morgan fingerprint density at radius 2 is 2.00 bits per heavy atom. The van der Waals surface area contributed by atoms with E-state index in [2.05, 4.69) is 32.1 Å². The van der Waals surface area contributed by atoms with Crippen LogP contribution in [0.25, 0.3) is 16.6 Å². The molecule has 2 aliphatic heterocycles. The highest BCUT2D eigenvalue weighted by molar-refractivity contribution is 5.80. The molecule has 7 rings (SSSR count). The third kappa shape index (κ3) is 2.51. The van der Waals surface area contributed by atoms with Crippen molar-refractivity contribution in [1.29, 1.82) is 5.26 Å². The standard InChI is InChI=1S/C24H26N6O/c1-22(2,31)24-10-18(11-24)29(15-24)21-8-17(4-7-26-21)30-19-9-20(23(14-25)5-3-6-23)27-12-16(19)13-28-30/h4,7-9,12-13,18,31H,3,5-6,10-11,15H2,1-2H3.